The van der Waals surface area contributed by atoms with E-state index in [2.05, 4.69) is 6.92 Å². The average Bonchev–Trinajstić information content (AvgIpc) is 2.91. The summed E-state index contributed by atoms with van der Waals surface area (Å²) in [6.45, 7) is 3.32. The van der Waals surface area contributed by atoms with Crippen LogP contribution < -0.4 is 10.4 Å². The van der Waals surface area contributed by atoms with Crippen LogP contribution >= 0.6 is 0 Å². The minimum atomic E-state index is -0.676. The van der Waals surface area contributed by atoms with Crippen LogP contribution in [0.4, 0.5) is 0 Å². The summed E-state index contributed by atoms with van der Waals surface area (Å²) < 4.78 is 9.08. The monoisotopic (exact) mass is 339 g/mol. The fourth-order valence-electron chi connectivity index (χ4n) is 3.13. The first kappa shape index (κ1) is 17.3. The smallest absolute Gasteiger partial charge is 0.203 e. The largest absolute Gasteiger partial charge is 0.497 e. The van der Waals surface area contributed by atoms with Gasteiger partial charge in [-0.1, -0.05) is 37.6 Å². The van der Waals surface area contributed by atoms with Crippen molar-refractivity contribution in [2.45, 2.75) is 39.0 Å². The average molecular weight is 339 g/mol. The molecule has 5 heteroatoms. The zero-order valence-corrected chi connectivity index (χ0v) is 14.8. The molecule has 5 nitrogen and oxygen atoms in total. The number of aliphatic hydroxyl groups excluding tert-OH is 1. The van der Waals surface area contributed by atoms with Gasteiger partial charge in [-0.2, -0.15) is 0 Å². The Morgan fingerprint density at radius 3 is 2.28 bits per heavy atom. The van der Waals surface area contributed by atoms with Gasteiger partial charge in [0.05, 0.1) is 30.8 Å². The Balaban J connectivity index is 1.94. The highest BCUT2D eigenvalue weighted by atomic mass is 16.5. The lowest BCUT2D eigenvalue weighted by Crippen LogP contribution is -2.26. The second kappa shape index (κ2) is 7.57. The van der Waals surface area contributed by atoms with Gasteiger partial charge in [-0.15, -0.1) is 0 Å². The molecule has 1 heterocycles. The van der Waals surface area contributed by atoms with Gasteiger partial charge in [-0.05, 0) is 36.2 Å². The molecule has 0 radical (unpaired) electrons. The fraction of sp³-hybridized carbons (Fsp3) is 0.350. The minimum Gasteiger partial charge on any atom is -0.497 e. The molecule has 3 rings (SSSR count). The predicted octanol–water partition coefficient (Wildman–Crippen LogP) is 3.46. The number of nitrogens with zero attached hydrogens (tertiary/aromatic N) is 2. The molecule has 3 aromatic rings. The fourth-order valence-corrected chi connectivity index (χ4v) is 3.13. The SMILES string of the molecule is CCCCn1c(=N)n(CC(O)c2ccc(OC)cc2)c2ccccc21. The van der Waals surface area contributed by atoms with Crippen molar-refractivity contribution in [3.63, 3.8) is 0 Å². The van der Waals surface area contributed by atoms with E-state index < -0.39 is 6.10 Å². The van der Waals surface area contributed by atoms with Crippen LogP contribution in [0.25, 0.3) is 11.0 Å². The molecule has 0 bridgehead atoms. The third-order valence-electron chi connectivity index (χ3n) is 4.57. The van der Waals surface area contributed by atoms with Gasteiger partial charge in [0.25, 0.3) is 0 Å². The zero-order valence-electron chi connectivity index (χ0n) is 14.8. The highest BCUT2D eigenvalue weighted by Crippen LogP contribution is 2.21. The van der Waals surface area contributed by atoms with Gasteiger partial charge in [0.2, 0.25) is 5.62 Å². The Hall–Kier alpha value is -2.53. The van der Waals surface area contributed by atoms with Crippen LogP contribution in [0.2, 0.25) is 0 Å². The number of para-hydroxylation sites is 2. The highest BCUT2D eigenvalue weighted by molar-refractivity contribution is 5.75. The van der Waals surface area contributed by atoms with E-state index in [0.29, 0.717) is 12.2 Å². The Labute approximate surface area is 147 Å². The molecule has 2 N–H and O–H groups in total. The summed E-state index contributed by atoms with van der Waals surface area (Å²) in [5.41, 5.74) is 3.28. The highest BCUT2D eigenvalue weighted by Gasteiger charge is 2.15. The summed E-state index contributed by atoms with van der Waals surface area (Å²) in [4.78, 5) is 0. The first-order chi connectivity index (χ1) is 12.2. The van der Waals surface area contributed by atoms with Crippen LogP contribution in [0.15, 0.2) is 48.5 Å². The van der Waals surface area contributed by atoms with Gasteiger partial charge >= 0.3 is 0 Å². The predicted molar refractivity (Wildman–Crippen MR) is 98.6 cm³/mol. The number of unbranched alkanes of at least 4 members (excludes halogenated alkanes) is 1. The summed E-state index contributed by atoms with van der Waals surface area (Å²) >= 11 is 0. The Kier molecular flexibility index (Phi) is 5.24. The quantitative estimate of drug-likeness (QED) is 0.692. The second-order valence-electron chi connectivity index (χ2n) is 6.22. The first-order valence-electron chi connectivity index (χ1n) is 8.70. The molecular weight excluding hydrogens is 314 g/mol. The molecule has 0 saturated carbocycles. The van der Waals surface area contributed by atoms with E-state index >= 15 is 0 Å². The maximum Gasteiger partial charge on any atom is 0.203 e. The number of nitrogens with one attached hydrogen (secondary N) is 1. The van der Waals surface area contributed by atoms with E-state index in [1.165, 1.54) is 0 Å². The number of imidazole rings is 1. The summed E-state index contributed by atoms with van der Waals surface area (Å²) in [6, 6.07) is 15.4. The minimum absolute atomic E-state index is 0.352. The van der Waals surface area contributed by atoms with E-state index in [-0.39, 0.29) is 0 Å². The van der Waals surface area contributed by atoms with Crippen LogP contribution in [-0.4, -0.2) is 21.4 Å². The molecule has 0 saturated heterocycles. The molecule has 2 aromatic carbocycles. The molecule has 0 aliphatic carbocycles. The van der Waals surface area contributed by atoms with Gasteiger partial charge < -0.3 is 19.0 Å². The lowest BCUT2D eigenvalue weighted by molar-refractivity contribution is 0.155. The van der Waals surface area contributed by atoms with Gasteiger partial charge in [0.15, 0.2) is 0 Å². The van der Waals surface area contributed by atoms with Crippen molar-refractivity contribution in [3.8, 4) is 5.75 Å². The van der Waals surface area contributed by atoms with Crippen LogP contribution in [0.5, 0.6) is 5.75 Å². The maximum absolute atomic E-state index is 10.7. The number of rotatable bonds is 7. The number of fused-ring (bicyclic) bond motifs is 1. The number of benzene rings is 2. The number of aliphatic hydroxyl groups is 1. The lowest BCUT2D eigenvalue weighted by Gasteiger charge is -2.13. The number of aromatic nitrogens is 2. The van der Waals surface area contributed by atoms with Crippen molar-refractivity contribution in [1.82, 2.24) is 9.13 Å². The van der Waals surface area contributed by atoms with Crippen molar-refractivity contribution >= 4 is 11.0 Å². The zero-order chi connectivity index (χ0) is 17.8. The van der Waals surface area contributed by atoms with Gasteiger partial charge in [0, 0.05) is 6.54 Å². The number of aryl methyl sites for hydroxylation is 1. The van der Waals surface area contributed by atoms with Gasteiger partial charge in [0.1, 0.15) is 5.75 Å². The molecule has 0 aliphatic rings. The summed E-state index contributed by atoms with van der Waals surface area (Å²) in [5, 5.41) is 19.2. The molecule has 0 spiro atoms. The Morgan fingerprint density at radius 1 is 1.04 bits per heavy atom. The number of hydrogen-bond acceptors (Lipinski definition) is 3. The van der Waals surface area contributed by atoms with Crippen LogP contribution in [0, 0.1) is 5.41 Å². The molecule has 0 aliphatic heterocycles. The molecule has 0 fully saturated rings. The topological polar surface area (TPSA) is 63.2 Å². The number of methoxy groups -OCH3 is 1. The Bertz CT molecular complexity index is 893. The molecule has 1 aromatic heterocycles. The van der Waals surface area contributed by atoms with Crippen LogP contribution in [0.3, 0.4) is 0 Å². The van der Waals surface area contributed by atoms with Crippen molar-refractivity contribution in [3.05, 3.63) is 59.7 Å². The van der Waals surface area contributed by atoms with Gasteiger partial charge in [-0.25, -0.2) is 0 Å². The number of hydrogen-bond donors (Lipinski definition) is 2. The maximum atomic E-state index is 10.7. The molecular formula is C20H25N3O2. The standard InChI is InChI=1S/C20H25N3O2/c1-3-4-13-22-17-7-5-6-8-18(17)23(20(22)21)14-19(24)15-9-11-16(25-2)12-10-15/h5-12,19,21,24H,3-4,13-14H2,1-2H3. The van der Waals surface area contributed by atoms with E-state index in [0.717, 1.165) is 41.7 Å². The first-order valence-corrected chi connectivity index (χ1v) is 8.70. The van der Waals surface area contributed by atoms with E-state index in [1.54, 1.807) is 7.11 Å². The second-order valence-corrected chi connectivity index (χ2v) is 6.22. The number of ether oxygens (including phenoxy) is 1. The van der Waals surface area contributed by atoms with Crippen molar-refractivity contribution in [2.75, 3.05) is 7.11 Å². The third-order valence-corrected chi connectivity index (χ3v) is 4.57. The van der Waals surface area contributed by atoms with E-state index in [9.17, 15) is 5.11 Å². The molecule has 25 heavy (non-hydrogen) atoms. The molecule has 132 valence electrons. The summed E-state index contributed by atoms with van der Waals surface area (Å²) in [6.07, 6.45) is 1.44. The van der Waals surface area contributed by atoms with Crippen molar-refractivity contribution in [1.29, 1.82) is 5.41 Å². The molecule has 1 unspecified atom stereocenters. The van der Waals surface area contributed by atoms with Crippen LogP contribution in [-0.2, 0) is 13.1 Å². The summed E-state index contributed by atoms with van der Waals surface area (Å²) in [5.74, 6) is 0.765. The van der Waals surface area contributed by atoms with Crippen molar-refractivity contribution < 1.29 is 9.84 Å². The third kappa shape index (κ3) is 3.46. The van der Waals surface area contributed by atoms with E-state index in [4.69, 9.17) is 10.1 Å². The lowest BCUT2D eigenvalue weighted by atomic mass is 10.1. The molecule has 0 amide bonds. The van der Waals surface area contributed by atoms with Gasteiger partial charge in [-0.3, -0.25) is 5.41 Å². The summed E-state index contributed by atoms with van der Waals surface area (Å²) in [7, 11) is 1.62. The Morgan fingerprint density at radius 2 is 1.68 bits per heavy atom. The normalized spacial score (nSPS) is 12.4. The van der Waals surface area contributed by atoms with Crippen LogP contribution in [0.1, 0.15) is 31.4 Å². The van der Waals surface area contributed by atoms with Crippen molar-refractivity contribution in [2.24, 2.45) is 0 Å². The van der Waals surface area contributed by atoms with E-state index in [1.807, 2.05) is 57.7 Å². The molecule has 1 atom stereocenters.